The molecule has 1 heterocycles. The van der Waals surface area contributed by atoms with Gasteiger partial charge >= 0.3 is 11.7 Å². The van der Waals surface area contributed by atoms with E-state index in [0.29, 0.717) is 0 Å². The predicted molar refractivity (Wildman–Crippen MR) is 106 cm³/mol. The van der Waals surface area contributed by atoms with Crippen LogP contribution < -0.4 is 10.4 Å². The average molecular weight is 431 g/mol. The second kappa shape index (κ2) is 6.95. The van der Waals surface area contributed by atoms with Gasteiger partial charge in [-0.3, -0.25) is 9.29 Å². The number of sulfonamides is 1. The molecule has 30 heavy (non-hydrogen) atoms. The van der Waals surface area contributed by atoms with Crippen molar-refractivity contribution < 1.29 is 28.5 Å². The Labute approximate surface area is 170 Å². The van der Waals surface area contributed by atoms with Crippen LogP contribution >= 0.6 is 0 Å². The van der Waals surface area contributed by atoms with Crippen LogP contribution in [0, 0.1) is 0 Å². The molecule has 0 unspecified atom stereocenters. The fourth-order valence-corrected chi connectivity index (χ4v) is 4.14. The van der Waals surface area contributed by atoms with E-state index in [2.05, 4.69) is 4.72 Å². The Morgan fingerprint density at radius 2 is 1.70 bits per heavy atom. The minimum absolute atomic E-state index is 0.0502. The summed E-state index contributed by atoms with van der Waals surface area (Å²) >= 11 is 0. The van der Waals surface area contributed by atoms with Crippen molar-refractivity contribution in [2.24, 2.45) is 0 Å². The van der Waals surface area contributed by atoms with Gasteiger partial charge in [-0.15, -0.1) is 0 Å². The molecule has 1 fully saturated rings. The third-order valence-electron chi connectivity index (χ3n) is 4.72. The molecular weight excluding hydrogens is 414 g/mol. The summed E-state index contributed by atoms with van der Waals surface area (Å²) in [5.74, 6) is -2.34. The highest BCUT2D eigenvalue weighted by Crippen LogP contribution is 2.40. The highest BCUT2D eigenvalue weighted by molar-refractivity contribution is 7.92. The maximum absolute atomic E-state index is 12.6. The first-order chi connectivity index (χ1) is 14.2. The Bertz CT molecular complexity index is 1300. The van der Waals surface area contributed by atoms with Gasteiger partial charge in [-0.2, -0.15) is 0 Å². The molecule has 0 atom stereocenters. The van der Waals surface area contributed by atoms with Crippen LogP contribution in [0.3, 0.4) is 0 Å². The number of aromatic hydroxyl groups is 2. The van der Waals surface area contributed by atoms with E-state index in [1.165, 1.54) is 48.5 Å². The van der Waals surface area contributed by atoms with Crippen LogP contribution in [-0.2, 0) is 10.0 Å². The van der Waals surface area contributed by atoms with Gasteiger partial charge < -0.3 is 15.3 Å². The first kappa shape index (κ1) is 19.6. The molecule has 1 aromatic heterocycles. The number of aromatic nitrogens is 2. The van der Waals surface area contributed by atoms with Crippen molar-refractivity contribution in [1.82, 2.24) is 9.13 Å². The topological polar surface area (TPSA) is 151 Å². The number of carbonyl (C=O) groups is 1. The van der Waals surface area contributed by atoms with Crippen molar-refractivity contribution in [3.05, 3.63) is 64.6 Å². The highest BCUT2D eigenvalue weighted by atomic mass is 32.2. The van der Waals surface area contributed by atoms with Crippen LogP contribution in [0.15, 0.2) is 58.2 Å². The molecule has 1 saturated carbocycles. The largest absolute Gasteiger partial charge is 0.491 e. The summed E-state index contributed by atoms with van der Waals surface area (Å²) in [4.78, 5) is 23.4. The molecule has 2 aromatic carbocycles. The third-order valence-corrected chi connectivity index (χ3v) is 6.11. The lowest BCUT2D eigenvalue weighted by molar-refractivity contribution is 0.0696. The summed E-state index contributed by atoms with van der Waals surface area (Å²) in [6, 6.07) is 10.3. The van der Waals surface area contributed by atoms with Crippen molar-refractivity contribution in [1.29, 1.82) is 0 Å². The molecule has 1 aliphatic rings. The molecule has 4 rings (SSSR count). The number of imidazole rings is 1. The van der Waals surface area contributed by atoms with Gasteiger partial charge in [0.1, 0.15) is 0 Å². The molecule has 10 nitrogen and oxygen atoms in total. The van der Waals surface area contributed by atoms with Gasteiger partial charge in [-0.25, -0.2) is 22.6 Å². The molecule has 0 amide bonds. The minimum atomic E-state index is -4.03. The zero-order chi connectivity index (χ0) is 21.6. The van der Waals surface area contributed by atoms with Gasteiger partial charge in [-0.1, -0.05) is 6.07 Å². The monoisotopic (exact) mass is 431 g/mol. The molecule has 4 N–H and O–H groups in total. The Kier molecular flexibility index (Phi) is 4.54. The summed E-state index contributed by atoms with van der Waals surface area (Å²) in [5.41, 5.74) is -0.407. The summed E-state index contributed by atoms with van der Waals surface area (Å²) in [6.07, 6.45) is 1.44. The van der Waals surface area contributed by atoms with Gasteiger partial charge in [-0.05, 0) is 55.3 Å². The lowest BCUT2D eigenvalue weighted by Crippen LogP contribution is -2.22. The number of carboxylic acids is 1. The maximum atomic E-state index is 12.6. The number of nitrogens with zero attached hydrogens (tertiary/aromatic N) is 2. The van der Waals surface area contributed by atoms with E-state index in [1.807, 2.05) is 0 Å². The number of aromatic carboxylic acids is 1. The van der Waals surface area contributed by atoms with E-state index < -0.39 is 33.4 Å². The van der Waals surface area contributed by atoms with Crippen molar-refractivity contribution in [2.75, 3.05) is 4.72 Å². The molecule has 0 spiro atoms. The van der Waals surface area contributed by atoms with E-state index in [9.17, 15) is 28.2 Å². The Hall–Kier alpha value is -3.73. The fourth-order valence-electron chi connectivity index (χ4n) is 3.09. The van der Waals surface area contributed by atoms with Gasteiger partial charge in [0.15, 0.2) is 0 Å². The van der Waals surface area contributed by atoms with Crippen LogP contribution in [0.25, 0.3) is 5.69 Å². The third kappa shape index (κ3) is 3.39. The van der Waals surface area contributed by atoms with E-state index in [4.69, 9.17) is 5.11 Å². The predicted octanol–water partition coefficient (Wildman–Crippen LogP) is 1.88. The fraction of sp³-hybridized carbons (Fsp3) is 0.158. The van der Waals surface area contributed by atoms with E-state index in [1.54, 1.807) is 0 Å². The Balaban J connectivity index is 1.67. The smallest absolute Gasteiger partial charge is 0.338 e. The van der Waals surface area contributed by atoms with Crippen LogP contribution in [0.2, 0.25) is 0 Å². The van der Waals surface area contributed by atoms with Crippen LogP contribution in [0.4, 0.5) is 5.69 Å². The first-order valence-corrected chi connectivity index (χ1v) is 10.4. The van der Waals surface area contributed by atoms with E-state index in [-0.39, 0.29) is 27.9 Å². The molecule has 1 aliphatic carbocycles. The SMILES string of the molecule is O=C(O)c1ccc(S(=O)(=O)Nc2cccc(-n3c(O)c(O)n(C4CC4)c3=O)c2)cc1. The lowest BCUT2D eigenvalue weighted by Gasteiger charge is -2.10. The zero-order valence-corrected chi connectivity index (χ0v) is 16.2. The number of nitrogens with one attached hydrogen (secondary N) is 1. The van der Waals surface area contributed by atoms with Gasteiger partial charge in [0.2, 0.25) is 0 Å². The molecule has 3 aromatic rings. The van der Waals surface area contributed by atoms with Crippen LogP contribution in [-0.4, -0.2) is 38.8 Å². The molecule has 0 bridgehead atoms. The summed E-state index contributed by atoms with van der Waals surface area (Å²) in [5, 5.41) is 29.2. The average Bonchev–Trinajstić information content (AvgIpc) is 3.50. The molecule has 156 valence electrons. The quantitative estimate of drug-likeness (QED) is 0.465. The van der Waals surface area contributed by atoms with Gasteiger partial charge in [0, 0.05) is 6.04 Å². The van der Waals surface area contributed by atoms with Crippen LogP contribution in [0.5, 0.6) is 11.8 Å². The number of anilines is 1. The maximum Gasteiger partial charge on any atom is 0.338 e. The number of hydrogen-bond donors (Lipinski definition) is 4. The van der Waals surface area contributed by atoms with E-state index in [0.717, 1.165) is 22.0 Å². The lowest BCUT2D eigenvalue weighted by atomic mass is 10.2. The minimum Gasteiger partial charge on any atom is -0.491 e. The highest BCUT2D eigenvalue weighted by Gasteiger charge is 2.32. The van der Waals surface area contributed by atoms with Crippen molar-refractivity contribution in [2.45, 2.75) is 23.8 Å². The first-order valence-electron chi connectivity index (χ1n) is 8.91. The zero-order valence-electron chi connectivity index (χ0n) is 15.4. The molecule has 11 heteroatoms. The summed E-state index contributed by atoms with van der Waals surface area (Å²) in [7, 11) is -4.03. The molecule has 0 aliphatic heterocycles. The van der Waals surface area contributed by atoms with Gasteiger partial charge in [0.25, 0.3) is 21.8 Å². The normalized spacial score (nSPS) is 13.9. The second-order valence-corrected chi connectivity index (χ2v) is 8.53. The number of carboxylic acid groups (broad SMARTS) is 1. The standard InChI is InChI=1S/C19H17N3O7S/c23-16-17(24)22(19(27)21(16)13-6-7-13)14-3-1-2-12(10-14)20-30(28,29)15-8-4-11(5-9-15)18(25)26/h1-5,8-10,13,20,23-24H,6-7H2,(H,25,26). The van der Waals surface area contributed by atoms with E-state index >= 15 is 0 Å². The van der Waals surface area contributed by atoms with Crippen LogP contribution in [0.1, 0.15) is 29.2 Å². The van der Waals surface area contributed by atoms with Crippen molar-refractivity contribution in [3.8, 4) is 17.4 Å². The second-order valence-electron chi connectivity index (χ2n) is 6.85. The Morgan fingerprint density at radius 1 is 1.03 bits per heavy atom. The molecule has 0 saturated heterocycles. The Morgan fingerprint density at radius 3 is 2.30 bits per heavy atom. The number of rotatable bonds is 6. The molecule has 0 radical (unpaired) electrons. The summed E-state index contributed by atoms with van der Waals surface area (Å²) < 4.78 is 29.5. The van der Waals surface area contributed by atoms with Gasteiger partial charge in [0.05, 0.1) is 21.8 Å². The number of benzene rings is 2. The number of hydrogen-bond acceptors (Lipinski definition) is 6. The molecular formula is C19H17N3O7S. The van der Waals surface area contributed by atoms with Crippen molar-refractivity contribution >= 4 is 21.7 Å². The van der Waals surface area contributed by atoms with Crippen molar-refractivity contribution in [3.63, 3.8) is 0 Å². The summed E-state index contributed by atoms with van der Waals surface area (Å²) in [6.45, 7) is 0.